The predicted octanol–water partition coefficient (Wildman–Crippen LogP) is 2.21. The lowest BCUT2D eigenvalue weighted by atomic mass is 10.1. The van der Waals surface area contributed by atoms with E-state index in [2.05, 4.69) is 19.9 Å². The van der Waals surface area contributed by atoms with Crippen molar-refractivity contribution in [1.29, 1.82) is 0 Å². The van der Waals surface area contributed by atoms with E-state index in [9.17, 15) is 22.0 Å². The Hall–Kier alpha value is -2.83. The molecule has 4 rings (SSSR count). The molecule has 0 bridgehead atoms. The van der Waals surface area contributed by atoms with Crippen LogP contribution in [0.15, 0.2) is 12.3 Å². The van der Waals surface area contributed by atoms with Gasteiger partial charge < -0.3 is 20.3 Å². The molecule has 0 amide bonds. The molecular formula is C17H18F5N7O. The highest BCUT2D eigenvalue weighted by Crippen LogP contribution is 2.38. The molecule has 0 radical (unpaired) electrons. The number of nitrogen functional groups attached to an aromatic ring is 1. The van der Waals surface area contributed by atoms with Crippen molar-refractivity contribution in [3.05, 3.63) is 18.0 Å². The van der Waals surface area contributed by atoms with Gasteiger partial charge in [0, 0.05) is 24.4 Å². The van der Waals surface area contributed by atoms with Gasteiger partial charge >= 0.3 is 6.18 Å². The number of hydrogen-bond acceptors (Lipinski definition) is 8. The molecule has 2 aliphatic heterocycles. The molecule has 2 aliphatic rings. The van der Waals surface area contributed by atoms with Gasteiger partial charge in [-0.1, -0.05) is 0 Å². The first-order chi connectivity index (χ1) is 14.0. The number of alkyl halides is 5. The first-order valence-electron chi connectivity index (χ1n) is 9.10. The van der Waals surface area contributed by atoms with Crippen molar-refractivity contribution < 1.29 is 26.7 Å². The fraction of sp³-hybridized carbons (Fsp3) is 0.529. The number of hydrogen-bond donors (Lipinski definition) is 1. The minimum absolute atomic E-state index is 0.101. The molecule has 4 heterocycles. The van der Waals surface area contributed by atoms with Crippen LogP contribution in [0, 0.1) is 0 Å². The van der Waals surface area contributed by atoms with Crippen molar-refractivity contribution in [1.82, 2.24) is 19.9 Å². The smallest absolute Gasteiger partial charge is 0.377 e. The minimum Gasteiger partial charge on any atom is -0.377 e. The molecule has 2 aromatic heterocycles. The summed E-state index contributed by atoms with van der Waals surface area (Å²) in [7, 11) is 0. The number of rotatable bonds is 3. The van der Waals surface area contributed by atoms with Crippen molar-refractivity contribution in [2.75, 3.05) is 48.4 Å². The van der Waals surface area contributed by atoms with Crippen LogP contribution in [0.5, 0.6) is 0 Å². The van der Waals surface area contributed by atoms with Gasteiger partial charge in [0.2, 0.25) is 11.9 Å². The Morgan fingerprint density at radius 2 is 1.93 bits per heavy atom. The summed E-state index contributed by atoms with van der Waals surface area (Å²) < 4.78 is 72.8. The zero-order valence-electron chi connectivity index (χ0n) is 15.8. The maximum absolute atomic E-state index is 13.5. The molecule has 1 atom stereocenters. The number of ether oxygens (including phenoxy) is 1. The van der Waals surface area contributed by atoms with Crippen molar-refractivity contribution in [2.45, 2.75) is 25.1 Å². The fourth-order valence-electron chi connectivity index (χ4n) is 3.35. The van der Waals surface area contributed by atoms with Crippen LogP contribution < -0.4 is 15.5 Å². The van der Waals surface area contributed by atoms with Crippen LogP contribution in [0.4, 0.5) is 39.7 Å². The lowest BCUT2D eigenvalue weighted by Gasteiger charge is -2.40. The third-order valence-electron chi connectivity index (χ3n) is 4.85. The summed E-state index contributed by atoms with van der Waals surface area (Å²) in [4.78, 5) is 18.6. The van der Waals surface area contributed by atoms with Crippen LogP contribution in [0.25, 0.3) is 11.3 Å². The number of aromatic nitrogens is 4. The van der Waals surface area contributed by atoms with Gasteiger partial charge in [0.25, 0.3) is 5.92 Å². The Kier molecular flexibility index (Phi) is 4.87. The van der Waals surface area contributed by atoms with Crippen molar-refractivity contribution in [2.24, 2.45) is 0 Å². The molecule has 0 aromatic carbocycles. The summed E-state index contributed by atoms with van der Waals surface area (Å²) in [6.45, 7) is 1.86. The van der Waals surface area contributed by atoms with Gasteiger partial charge in [-0.15, -0.1) is 0 Å². The van der Waals surface area contributed by atoms with Crippen LogP contribution in [0.1, 0.15) is 12.6 Å². The van der Waals surface area contributed by atoms with E-state index in [1.165, 1.54) is 11.0 Å². The topological polar surface area (TPSA) is 93.3 Å². The fourth-order valence-corrected chi connectivity index (χ4v) is 3.35. The van der Waals surface area contributed by atoms with Crippen LogP contribution in [0.2, 0.25) is 0 Å². The van der Waals surface area contributed by atoms with Crippen LogP contribution in [0.3, 0.4) is 0 Å². The Labute approximate surface area is 167 Å². The van der Waals surface area contributed by atoms with E-state index in [-0.39, 0.29) is 23.5 Å². The Morgan fingerprint density at radius 3 is 2.57 bits per heavy atom. The monoisotopic (exact) mass is 431 g/mol. The van der Waals surface area contributed by atoms with Gasteiger partial charge in [-0.2, -0.15) is 18.2 Å². The minimum atomic E-state index is -4.81. The summed E-state index contributed by atoms with van der Waals surface area (Å²) in [5.74, 6) is -3.19. The number of morpholine rings is 1. The summed E-state index contributed by atoms with van der Waals surface area (Å²) in [6, 6.07) is 1.08. The van der Waals surface area contributed by atoms with Crippen molar-refractivity contribution >= 4 is 17.7 Å². The van der Waals surface area contributed by atoms with E-state index < -0.39 is 42.4 Å². The van der Waals surface area contributed by atoms with E-state index in [0.717, 1.165) is 6.20 Å². The second-order valence-electron chi connectivity index (χ2n) is 7.23. The highest BCUT2D eigenvalue weighted by Gasteiger charge is 2.45. The summed E-state index contributed by atoms with van der Waals surface area (Å²) >= 11 is 0. The van der Waals surface area contributed by atoms with E-state index in [1.54, 1.807) is 4.90 Å². The number of halogens is 5. The van der Waals surface area contributed by atoms with Gasteiger partial charge in [-0.3, -0.25) is 0 Å². The zero-order chi connectivity index (χ0) is 21.7. The maximum atomic E-state index is 13.5. The molecule has 13 heteroatoms. The predicted molar refractivity (Wildman–Crippen MR) is 97.3 cm³/mol. The summed E-state index contributed by atoms with van der Waals surface area (Å²) in [5.41, 5.74) is 3.55. The highest BCUT2D eigenvalue weighted by molar-refractivity contribution is 5.68. The quantitative estimate of drug-likeness (QED) is 0.740. The van der Waals surface area contributed by atoms with Crippen molar-refractivity contribution in [3.63, 3.8) is 0 Å². The lowest BCUT2D eigenvalue weighted by molar-refractivity contribution is -0.140. The molecule has 2 aromatic rings. The van der Waals surface area contributed by atoms with Crippen LogP contribution in [-0.4, -0.2) is 64.7 Å². The molecule has 2 N–H and O–H groups in total. The van der Waals surface area contributed by atoms with Gasteiger partial charge in [0.05, 0.1) is 38.0 Å². The zero-order valence-corrected chi connectivity index (χ0v) is 15.8. The Balaban J connectivity index is 1.83. The molecule has 1 unspecified atom stereocenters. The third kappa shape index (κ3) is 3.93. The van der Waals surface area contributed by atoms with E-state index >= 15 is 0 Å². The normalized spacial score (nSPS) is 21.5. The molecule has 0 saturated carbocycles. The largest absolute Gasteiger partial charge is 0.434 e. The lowest BCUT2D eigenvalue weighted by Crippen LogP contribution is -2.56. The van der Waals surface area contributed by atoms with Crippen molar-refractivity contribution in [3.8, 4) is 11.3 Å². The number of nitrogens with two attached hydrogens (primary N) is 1. The maximum Gasteiger partial charge on any atom is 0.434 e. The second kappa shape index (κ2) is 7.15. The third-order valence-corrected chi connectivity index (χ3v) is 4.85. The molecule has 2 fully saturated rings. The standard InChI is InChI=1S/C17H18F5N7O/c1-9-6-30-3-2-29(9)15-25-11(4-12(26-15)28-7-16(18,19)8-28)10-5-24-14(23)27-13(10)17(20,21)22/h4-5,9H,2-3,6-8H2,1H3,(H2,23,24,27). The summed E-state index contributed by atoms with van der Waals surface area (Å²) in [6.07, 6.45) is -3.89. The SMILES string of the molecule is CC1COCCN1c1nc(-c2cnc(N)nc2C(F)(F)F)cc(N2CC(F)(F)C2)n1. The van der Waals surface area contributed by atoms with Gasteiger partial charge in [-0.25, -0.2) is 23.7 Å². The van der Waals surface area contributed by atoms with E-state index in [1.807, 2.05) is 6.92 Å². The average molecular weight is 431 g/mol. The Bertz CT molecular complexity index is 947. The summed E-state index contributed by atoms with van der Waals surface area (Å²) in [5, 5.41) is 0. The first-order valence-corrected chi connectivity index (χ1v) is 9.10. The average Bonchev–Trinajstić information content (AvgIpc) is 2.65. The molecule has 2 saturated heterocycles. The molecule has 0 spiro atoms. The Morgan fingerprint density at radius 1 is 1.20 bits per heavy atom. The van der Waals surface area contributed by atoms with Gasteiger partial charge in [0.1, 0.15) is 5.82 Å². The van der Waals surface area contributed by atoms with Gasteiger partial charge in [0.15, 0.2) is 5.69 Å². The molecule has 8 nitrogen and oxygen atoms in total. The van der Waals surface area contributed by atoms with Crippen LogP contribution >= 0.6 is 0 Å². The number of nitrogens with zero attached hydrogens (tertiary/aromatic N) is 6. The molecular weight excluding hydrogens is 413 g/mol. The molecule has 162 valence electrons. The molecule has 0 aliphatic carbocycles. The van der Waals surface area contributed by atoms with Gasteiger partial charge in [-0.05, 0) is 6.92 Å². The first kappa shape index (κ1) is 20.4. The van der Waals surface area contributed by atoms with E-state index in [0.29, 0.717) is 19.8 Å². The number of anilines is 3. The molecule has 30 heavy (non-hydrogen) atoms. The highest BCUT2D eigenvalue weighted by atomic mass is 19.4. The van der Waals surface area contributed by atoms with E-state index in [4.69, 9.17) is 10.5 Å². The van der Waals surface area contributed by atoms with Crippen LogP contribution in [-0.2, 0) is 10.9 Å². The second-order valence-corrected chi connectivity index (χ2v) is 7.23.